The van der Waals surface area contributed by atoms with E-state index in [1.165, 1.54) is 0 Å². The largest absolute Gasteiger partial charge is 0.394 e. The fraction of sp³-hybridized carbons (Fsp3) is 1.00. The molecule has 0 aromatic rings. The van der Waals surface area contributed by atoms with E-state index >= 15 is 0 Å². The van der Waals surface area contributed by atoms with E-state index in [0.29, 0.717) is 99.1 Å². The first kappa shape index (κ1) is 28.6. The maximum atomic E-state index is 8.53. The molecule has 0 unspecified atom stereocenters. The molecule has 0 aromatic heterocycles. The Morgan fingerprint density at radius 3 is 0.862 bits per heavy atom. The van der Waals surface area contributed by atoms with E-state index in [9.17, 15) is 0 Å². The second-order valence-corrected chi connectivity index (χ2v) is 5.98. The Balaban J connectivity index is 2.97. The minimum Gasteiger partial charge on any atom is -0.394 e. The van der Waals surface area contributed by atoms with Crippen molar-refractivity contribution in [3.05, 3.63) is 0 Å². The van der Waals surface area contributed by atoms with Crippen LogP contribution in [0.2, 0.25) is 0 Å². The van der Waals surface area contributed by atoms with Crippen molar-refractivity contribution < 1.29 is 43.0 Å². The summed E-state index contributed by atoms with van der Waals surface area (Å²) in [7, 11) is 0. The van der Waals surface area contributed by atoms with Gasteiger partial charge in [-0.3, -0.25) is 0 Å². The third-order valence-corrected chi connectivity index (χ3v) is 3.48. The summed E-state index contributed by atoms with van der Waals surface area (Å²) in [5.74, 6) is 0. The summed E-state index contributed by atoms with van der Waals surface area (Å²) < 4.78 is 42.8. The highest BCUT2D eigenvalue weighted by Crippen LogP contribution is 1.88. The molecule has 0 spiro atoms. The maximum Gasteiger partial charge on any atom is 0.0701 e. The van der Waals surface area contributed by atoms with Gasteiger partial charge in [0.05, 0.1) is 106 Å². The Morgan fingerprint density at radius 2 is 0.621 bits per heavy atom. The molecule has 0 heterocycles. The van der Waals surface area contributed by atoms with Crippen molar-refractivity contribution in [1.82, 2.24) is 0 Å². The van der Waals surface area contributed by atoms with Gasteiger partial charge in [-0.05, 0) is 6.42 Å². The van der Waals surface area contributed by atoms with Gasteiger partial charge in [0.2, 0.25) is 0 Å². The fourth-order valence-corrected chi connectivity index (χ4v) is 1.95. The number of hydrogen-bond acceptors (Lipinski definition) is 9. The van der Waals surface area contributed by atoms with Crippen LogP contribution in [0.15, 0.2) is 0 Å². The Bertz CT molecular complexity index is 257. The lowest BCUT2D eigenvalue weighted by molar-refractivity contribution is -0.0238. The van der Waals surface area contributed by atoms with Gasteiger partial charge in [-0.25, -0.2) is 0 Å². The van der Waals surface area contributed by atoms with Crippen molar-refractivity contribution in [2.75, 3.05) is 112 Å². The van der Waals surface area contributed by atoms with Crippen molar-refractivity contribution in [3.63, 3.8) is 0 Å². The minimum atomic E-state index is 0.0349. The van der Waals surface area contributed by atoms with Crippen LogP contribution in [-0.2, 0) is 37.9 Å². The molecule has 29 heavy (non-hydrogen) atoms. The lowest BCUT2D eigenvalue weighted by atomic mass is 10.4. The van der Waals surface area contributed by atoms with Crippen LogP contribution in [0.5, 0.6) is 0 Å². The van der Waals surface area contributed by atoms with Gasteiger partial charge in [-0.15, -0.1) is 0 Å². The fourth-order valence-electron chi connectivity index (χ4n) is 1.95. The van der Waals surface area contributed by atoms with Crippen LogP contribution in [0.1, 0.15) is 19.8 Å². The van der Waals surface area contributed by atoms with E-state index in [0.717, 1.165) is 19.4 Å². The quantitative estimate of drug-likeness (QED) is 0.203. The van der Waals surface area contributed by atoms with E-state index in [2.05, 4.69) is 6.92 Å². The van der Waals surface area contributed by atoms with Gasteiger partial charge in [0, 0.05) is 6.61 Å². The van der Waals surface area contributed by atoms with Gasteiger partial charge in [-0.2, -0.15) is 0 Å². The standard InChI is InChI=1S/C20H42O9/c1-2-3-5-22-7-9-24-11-13-26-15-17-28-19-20-29-18-16-27-14-12-25-10-8-23-6-4-21/h21H,2-20H2,1H3. The molecule has 0 fully saturated rings. The molecule has 0 radical (unpaired) electrons. The monoisotopic (exact) mass is 426 g/mol. The van der Waals surface area contributed by atoms with Crippen LogP contribution in [0.25, 0.3) is 0 Å². The number of aliphatic hydroxyl groups is 1. The molecule has 0 rings (SSSR count). The molecular weight excluding hydrogens is 384 g/mol. The SMILES string of the molecule is CCCCOCCOCCOCCOCCOCCOCCOCCOCCO. The lowest BCUT2D eigenvalue weighted by Gasteiger charge is -2.08. The summed E-state index contributed by atoms with van der Waals surface area (Å²) >= 11 is 0. The van der Waals surface area contributed by atoms with Gasteiger partial charge in [-0.1, -0.05) is 13.3 Å². The summed E-state index contributed by atoms with van der Waals surface area (Å²) in [4.78, 5) is 0. The zero-order chi connectivity index (χ0) is 21.1. The van der Waals surface area contributed by atoms with Crippen LogP contribution in [0.3, 0.4) is 0 Å². The summed E-state index contributed by atoms with van der Waals surface area (Å²) in [6.07, 6.45) is 2.25. The second kappa shape index (κ2) is 27.6. The van der Waals surface area contributed by atoms with E-state index in [1.54, 1.807) is 0 Å². The van der Waals surface area contributed by atoms with Gasteiger partial charge in [0.15, 0.2) is 0 Å². The van der Waals surface area contributed by atoms with Crippen LogP contribution >= 0.6 is 0 Å². The first-order valence-corrected chi connectivity index (χ1v) is 10.6. The Morgan fingerprint density at radius 1 is 0.379 bits per heavy atom. The highest BCUT2D eigenvalue weighted by atomic mass is 16.6. The van der Waals surface area contributed by atoms with Crippen molar-refractivity contribution >= 4 is 0 Å². The number of aliphatic hydroxyl groups excluding tert-OH is 1. The zero-order valence-electron chi connectivity index (χ0n) is 18.1. The second-order valence-electron chi connectivity index (χ2n) is 5.98. The van der Waals surface area contributed by atoms with E-state index in [4.69, 9.17) is 43.0 Å². The Kier molecular flexibility index (Phi) is 27.3. The highest BCUT2D eigenvalue weighted by molar-refractivity contribution is 4.38. The first-order valence-electron chi connectivity index (χ1n) is 10.6. The number of ether oxygens (including phenoxy) is 8. The van der Waals surface area contributed by atoms with Gasteiger partial charge in [0.25, 0.3) is 0 Å². The molecule has 0 aliphatic heterocycles. The van der Waals surface area contributed by atoms with Gasteiger partial charge in [0.1, 0.15) is 0 Å². The average Bonchev–Trinajstić information content (AvgIpc) is 2.74. The Labute approximate surface area is 175 Å². The molecular formula is C20H42O9. The molecule has 0 saturated heterocycles. The zero-order valence-corrected chi connectivity index (χ0v) is 18.1. The molecule has 0 amide bonds. The van der Waals surface area contributed by atoms with E-state index in [-0.39, 0.29) is 6.61 Å². The molecule has 1 N–H and O–H groups in total. The normalized spacial score (nSPS) is 11.4. The van der Waals surface area contributed by atoms with Crippen LogP contribution in [-0.4, -0.2) is 117 Å². The average molecular weight is 427 g/mol. The van der Waals surface area contributed by atoms with Crippen LogP contribution in [0, 0.1) is 0 Å². The molecule has 9 nitrogen and oxygen atoms in total. The van der Waals surface area contributed by atoms with Crippen LogP contribution < -0.4 is 0 Å². The molecule has 0 bridgehead atoms. The molecule has 176 valence electrons. The number of rotatable bonds is 26. The summed E-state index contributed by atoms with van der Waals surface area (Å²) in [5, 5.41) is 8.53. The summed E-state index contributed by atoms with van der Waals surface area (Å²) in [6, 6.07) is 0. The smallest absolute Gasteiger partial charge is 0.0701 e. The molecule has 0 saturated carbocycles. The van der Waals surface area contributed by atoms with Crippen molar-refractivity contribution in [1.29, 1.82) is 0 Å². The molecule has 0 aliphatic rings. The molecule has 0 aliphatic carbocycles. The predicted molar refractivity (Wildman–Crippen MR) is 109 cm³/mol. The third kappa shape index (κ3) is 27.6. The molecule has 0 atom stereocenters. The third-order valence-electron chi connectivity index (χ3n) is 3.48. The molecule has 0 aromatic carbocycles. The maximum absolute atomic E-state index is 8.53. The van der Waals surface area contributed by atoms with Crippen LogP contribution in [0.4, 0.5) is 0 Å². The summed E-state index contributed by atoms with van der Waals surface area (Å²) in [6.45, 7) is 10.9. The topological polar surface area (TPSA) is 94.1 Å². The number of hydrogen-bond donors (Lipinski definition) is 1. The first-order chi connectivity index (χ1) is 14.4. The lowest BCUT2D eigenvalue weighted by Crippen LogP contribution is -2.15. The Hall–Kier alpha value is -0.360. The highest BCUT2D eigenvalue weighted by Gasteiger charge is 1.95. The number of unbranched alkanes of at least 4 members (excludes halogenated alkanes) is 1. The van der Waals surface area contributed by atoms with E-state index in [1.807, 2.05) is 0 Å². The predicted octanol–water partition coefficient (Wildman–Crippen LogP) is 0.912. The van der Waals surface area contributed by atoms with E-state index < -0.39 is 0 Å². The van der Waals surface area contributed by atoms with Crippen molar-refractivity contribution in [3.8, 4) is 0 Å². The minimum absolute atomic E-state index is 0.0349. The van der Waals surface area contributed by atoms with Crippen molar-refractivity contribution in [2.45, 2.75) is 19.8 Å². The van der Waals surface area contributed by atoms with Gasteiger partial charge < -0.3 is 43.0 Å². The molecule has 9 heteroatoms. The summed E-state index contributed by atoms with van der Waals surface area (Å²) in [5.41, 5.74) is 0. The van der Waals surface area contributed by atoms with Crippen molar-refractivity contribution in [2.24, 2.45) is 0 Å². The van der Waals surface area contributed by atoms with Gasteiger partial charge >= 0.3 is 0 Å².